The van der Waals surface area contributed by atoms with Crippen LogP contribution < -0.4 is 0 Å². The summed E-state index contributed by atoms with van der Waals surface area (Å²) in [5.41, 5.74) is -3.36. The Labute approximate surface area is 158 Å². The SMILES string of the molecule is C[C@@]12CCC3=CC(=O)C=C[C@]3(C)[C@H]1[C@@H](O)C[C@@]1(C)[C@H]2C[C@@H](O)[C@]1(O)C(=O)O. The summed E-state index contributed by atoms with van der Waals surface area (Å²) in [4.78, 5) is 23.8. The van der Waals surface area contributed by atoms with Gasteiger partial charge in [0.25, 0.3) is 0 Å². The van der Waals surface area contributed by atoms with Crippen molar-refractivity contribution in [3.8, 4) is 0 Å². The molecule has 0 aromatic rings. The van der Waals surface area contributed by atoms with E-state index in [1.807, 2.05) is 13.0 Å². The lowest BCUT2D eigenvalue weighted by atomic mass is 9.40. The van der Waals surface area contributed by atoms with Crippen LogP contribution in [0.4, 0.5) is 0 Å². The monoisotopic (exact) mass is 376 g/mol. The van der Waals surface area contributed by atoms with Gasteiger partial charge in [0.2, 0.25) is 0 Å². The molecular formula is C21H28O6. The van der Waals surface area contributed by atoms with E-state index in [0.29, 0.717) is 12.8 Å². The van der Waals surface area contributed by atoms with Gasteiger partial charge in [0.1, 0.15) is 0 Å². The number of carbonyl (C=O) groups excluding carboxylic acids is 1. The molecule has 0 radical (unpaired) electrons. The number of carbonyl (C=O) groups is 2. The van der Waals surface area contributed by atoms with Crippen LogP contribution >= 0.6 is 0 Å². The number of ketones is 1. The predicted octanol–water partition coefficient (Wildman–Crippen LogP) is 1.44. The van der Waals surface area contributed by atoms with Crippen LogP contribution in [-0.2, 0) is 9.59 Å². The maximum absolute atomic E-state index is 11.9. The molecule has 4 aliphatic rings. The zero-order chi connectivity index (χ0) is 20.0. The van der Waals surface area contributed by atoms with Gasteiger partial charge in [0.15, 0.2) is 11.4 Å². The van der Waals surface area contributed by atoms with Gasteiger partial charge in [-0.25, -0.2) is 4.79 Å². The smallest absolute Gasteiger partial charge is 0.339 e. The molecular weight excluding hydrogens is 348 g/mol. The average Bonchev–Trinajstić information content (AvgIpc) is 2.78. The number of aliphatic carboxylic acids is 1. The van der Waals surface area contributed by atoms with Crippen LogP contribution in [0.3, 0.4) is 0 Å². The number of hydrogen-bond acceptors (Lipinski definition) is 5. The zero-order valence-electron chi connectivity index (χ0n) is 16.0. The summed E-state index contributed by atoms with van der Waals surface area (Å²) >= 11 is 0. The second-order valence-electron chi connectivity index (χ2n) is 9.74. The molecule has 0 aromatic carbocycles. The van der Waals surface area contributed by atoms with Crippen molar-refractivity contribution < 1.29 is 30.0 Å². The van der Waals surface area contributed by atoms with Crippen molar-refractivity contribution in [1.82, 2.24) is 0 Å². The maximum atomic E-state index is 11.9. The highest BCUT2D eigenvalue weighted by Crippen LogP contribution is 2.71. The molecule has 6 heteroatoms. The molecule has 0 aliphatic heterocycles. The van der Waals surface area contributed by atoms with Crippen molar-refractivity contribution in [2.45, 2.75) is 64.3 Å². The largest absolute Gasteiger partial charge is 0.479 e. The van der Waals surface area contributed by atoms with Crippen molar-refractivity contribution in [3.05, 3.63) is 23.8 Å². The highest BCUT2D eigenvalue weighted by molar-refractivity contribution is 6.01. The van der Waals surface area contributed by atoms with Gasteiger partial charge < -0.3 is 20.4 Å². The van der Waals surface area contributed by atoms with E-state index in [2.05, 4.69) is 6.92 Å². The summed E-state index contributed by atoms with van der Waals surface area (Å²) in [6, 6.07) is 0. The Morgan fingerprint density at radius 3 is 2.52 bits per heavy atom. The molecule has 0 spiro atoms. The molecule has 3 fully saturated rings. The first-order valence-electron chi connectivity index (χ1n) is 9.67. The first kappa shape index (κ1) is 18.8. The van der Waals surface area contributed by atoms with Crippen LogP contribution in [0, 0.1) is 28.1 Å². The first-order chi connectivity index (χ1) is 12.4. The van der Waals surface area contributed by atoms with Crippen molar-refractivity contribution >= 4 is 11.8 Å². The lowest BCUT2D eigenvalue weighted by molar-refractivity contribution is -0.218. The molecule has 0 unspecified atom stereocenters. The van der Waals surface area contributed by atoms with Crippen LogP contribution in [-0.4, -0.2) is 50.0 Å². The second kappa shape index (κ2) is 5.31. The van der Waals surface area contributed by atoms with E-state index in [4.69, 9.17) is 0 Å². The number of aliphatic hydroxyl groups excluding tert-OH is 2. The van der Waals surface area contributed by atoms with Crippen molar-refractivity contribution in [2.75, 3.05) is 0 Å². The molecule has 4 rings (SSSR count). The van der Waals surface area contributed by atoms with E-state index in [9.17, 15) is 30.0 Å². The summed E-state index contributed by atoms with van der Waals surface area (Å²) in [5, 5.41) is 42.5. The Hall–Kier alpha value is -1.50. The van der Waals surface area contributed by atoms with E-state index >= 15 is 0 Å². The number of rotatable bonds is 1. The van der Waals surface area contributed by atoms with Gasteiger partial charge in [0, 0.05) is 16.7 Å². The third-order valence-corrected chi connectivity index (χ3v) is 8.61. The number of aliphatic hydroxyl groups is 3. The fourth-order valence-corrected chi connectivity index (χ4v) is 7.39. The highest BCUT2D eigenvalue weighted by Gasteiger charge is 2.75. The maximum Gasteiger partial charge on any atom is 0.339 e. The van der Waals surface area contributed by atoms with Crippen LogP contribution in [0.1, 0.15) is 46.5 Å². The first-order valence-corrected chi connectivity index (χ1v) is 9.67. The fraction of sp³-hybridized carbons (Fsp3) is 0.714. The minimum atomic E-state index is -2.28. The Balaban J connectivity index is 1.86. The Bertz CT molecular complexity index is 786. The van der Waals surface area contributed by atoms with Crippen LogP contribution in [0.25, 0.3) is 0 Å². The summed E-state index contributed by atoms with van der Waals surface area (Å²) in [6.07, 6.45) is 4.52. The molecule has 0 saturated heterocycles. The van der Waals surface area contributed by atoms with Gasteiger partial charge >= 0.3 is 5.97 Å². The minimum absolute atomic E-state index is 0.0437. The van der Waals surface area contributed by atoms with E-state index in [1.54, 1.807) is 19.1 Å². The summed E-state index contributed by atoms with van der Waals surface area (Å²) in [7, 11) is 0. The molecule has 0 amide bonds. The number of hydrogen-bond donors (Lipinski definition) is 4. The van der Waals surface area contributed by atoms with Crippen LogP contribution in [0.5, 0.6) is 0 Å². The standard InChI is InChI=1S/C21H28O6/c1-18-7-5-12(22)8-11(18)4-6-19(2)14-9-15(24)21(27,17(25)26)20(14,3)10-13(23)16(18)19/h5,7-8,13-16,23-24,27H,4,6,9-10H2,1-3H3,(H,25,26)/t13-,14-,15+,16+,18-,19-,20-,21-/m0/s1. The second-order valence-corrected chi connectivity index (χ2v) is 9.74. The van der Waals surface area contributed by atoms with Gasteiger partial charge in [-0.15, -0.1) is 0 Å². The summed E-state index contributed by atoms with van der Waals surface area (Å²) in [5.74, 6) is -1.94. The Kier molecular flexibility index (Phi) is 3.70. The third kappa shape index (κ3) is 2.01. The zero-order valence-corrected chi connectivity index (χ0v) is 16.0. The average molecular weight is 376 g/mol. The quantitative estimate of drug-likeness (QED) is 0.550. The molecule has 148 valence electrons. The predicted molar refractivity (Wildman–Crippen MR) is 96.6 cm³/mol. The fourth-order valence-electron chi connectivity index (χ4n) is 7.39. The number of carboxylic acids is 1. The number of allylic oxidation sites excluding steroid dienone is 4. The molecule has 6 nitrogen and oxygen atoms in total. The molecule has 4 aliphatic carbocycles. The summed E-state index contributed by atoms with van der Waals surface area (Å²) < 4.78 is 0. The minimum Gasteiger partial charge on any atom is -0.479 e. The number of fused-ring (bicyclic) bond motifs is 5. The molecule has 3 saturated carbocycles. The van der Waals surface area contributed by atoms with Gasteiger partial charge in [-0.2, -0.15) is 0 Å². The molecule has 0 aromatic heterocycles. The topological polar surface area (TPSA) is 115 Å². The molecule has 8 atom stereocenters. The lowest BCUT2D eigenvalue weighted by Crippen LogP contribution is -2.66. The Morgan fingerprint density at radius 1 is 1.22 bits per heavy atom. The number of carboxylic acid groups (broad SMARTS) is 1. The van der Waals surface area contributed by atoms with Crippen molar-refractivity contribution in [2.24, 2.45) is 28.1 Å². The molecule has 27 heavy (non-hydrogen) atoms. The summed E-state index contributed by atoms with van der Waals surface area (Å²) in [6.45, 7) is 5.78. The molecule has 4 N–H and O–H groups in total. The highest BCUT2D eigenvalue weighted by atomic mass is 16.4. The van der Waals surface area contributed by atoms with E-state index in [-0.39, 0.29) is 30.5 Å². The normalized spacial score (nSPS) is 54.0. The van der Waals surface area contributed by atoms with Gasteiger partial charge in [-0.3, -0.25) is 4.79 Å². The van der Waals surface area contributed by atoms with Crippen LogP contribution in [0.2, 0.25) is 0 Å². The lowest BCUT2D eigenvalue weighted by Gasteiger charge is -2.64. The van der Waals surface area contributed by atoms with Gasteiger partial charge in [-0.05, 0) is 49.2 Å². The Morgan fingerprint density at radius 2 is 1.89 bits per heavy atom. The van der Waals surface area contributed by atoms with Crippen molar-refractivity contribution in [1.29, 1.82) is 0 Å². The van der Waals surface area contributed by atoms with E-state index in [0.717, 1.165) is 5.57 Å². The van der Waals surface area contributed by atoms with Crippen molar-refractivity contribution in [3.63, 3.8) is 0 Å². The molecule has 0 bridgehead atoms. The van der Waals surface area contributed by atoms with Gasteiger partial charge in [-0.1, -0.05) is 32.4 Å². The molecule has 0 heterocycles. The third-order valence-electron chi connectivity index (χ3n) is 8.61. The van der Waals surface area contributed by atoms with E-state index in [1.165, 1.54) is 0 Å². The van der Waals surface area contributed by atoms with Crippen LogP contribution in [0.15, 0.2) is 23.8 Å². The van der Waals surface area contributed by atoms with E-state index < -0.39 is 40.0 Å². The van der Waals surface area contributed by atoms with Gasteiger partial charge in [0.05, 0.1) is 12.2 Å².